The van der Waals surface area contributed by atoms with Crippen molar-refractivity contribution in [2.75, 3.05) is 6.61 Å². The highest BCUT2D eigenvalue weighted by Crippen LogP contribution is 2.46. The van der Waals surface area contributed by atoms with Gasteiger partial charge in [0.25, 0.3) is 0 Å². The van der Waals surface area contributed by atoms with Crippen molar-refractivity contribution in [2.24, 2.45) is 0 Å². The van der Waals surface area contributed by atoms with Crippen molar-refractivity contribution in [1.82, 2.24) is 0 Å². The maximum absolute atomic E-state index is 10.5. The van der Waals surface area contributed by atoms with E-state index in [1.54, 1.807) is 0 Å². The van der Waals surface area contributed by atoms with Crippen molar-refractivity contribution < 1.29 is 14.6 Å². The van der Waals surface area contributed by atoms with Gasteiger partial charge in [-0.05, 0) is 75.3 Å². The molecule has 26 heavy (non-hydrogen) atoms. The molecule has 0 amide bonds. The summed E-state index contributed by atoms with van der Waals surface area (Å²) in [4.78, 5) is 0. The normalized spacial score (nSPS) is 20.5. The number of hydrogen-bond donors (Lipinski definition) is 1. The van der Waals surface area contributed by atoms with Crippen LogP contribution in [0, 0.1) is 6.92 Å². The van der Waals surface area contributed by atoms with E-state index in [0.717, 1.165) is 48.3 Å². The van der Waals surface area contributed by atoms with E-state index < -0.39 is 0 Å². The third-order valence-electron chi connectivity index (χ3n) is 5.85. The van der Waals surface area contributed by atoms with E-state index in [4.69, 9.17) is 9.47 Å². The van der Waals surface area contributed by atoms with Crippen LogP contribution >= 0.6 is 0 Å². The lowest BCUT2D eigenvalue weighted by Gasteiger charge is -2.36. The van der Waals surface area contributed by atoms with E-state index in [1.807, 2.05) is 6.07 Å². The van der Waals surface area contributed by atoms with Crippen LogP contribution in [0.1, 0.15) is 60.9 Å². The van der Waals surface area contributed by atoms with E-state index in [-0.39, 0.29) is 11.5 Å². The fraction of sp³-hybridized carbons (Fsp3) is 0.478. The predicted molar refractivity (Wildman–Crippen MR) is 104 cm³/mol. The second-order valence-electron chi connectivity index (χ2n) is 8.30. The molecule has 0 bridgehead atoms. The van der Waals surface area contributed by atoms with E-state index in [9.17, 15) is 5.11 Å². The number of fused-ring (bicyclic) bond motifs is 3. The third kappa shape index (κ3) is 2.94. The van der Waals surface area contributed by atoms with Crippen LogP contribution in [-0.4, -0.2) is 17.3 Å². The van der Waals surface area contributed by atoms with Crippen molar-refractivity contribution in [1.29, 1.82) is 0 Å². The van der Waals surface area contributed by atoms with Gasteiger partial charge >= 0.3 is 0 Å². The number of aromatic hydroxyl groups is 1. The first-order chi connectivity index (χ1) is 12.4. The number of ether oxygens (including phenoxy) is 2. The Hall–Kier alpha value is -2.16. The molecule has 1 atom stereocenters. The van der Waals surface area contributed by atoms with Crippen LogP contribution in [0.25, 0.3) is 0 Å². The van der Waals surface area contributed by atoms with Gasteiger partial charge in [0.15, 0.2) is 0 Å². The second-order valence-corrected chi connectivity index (χ2v) is 8.30. The summed E-state index contributed by atoms with van der Waals surface area (Å²) in [6, 6.07) is 8.23. The molecular formula is C23H28O3. The Kier molecular flexibility index (Phi) is 4.13. The molecule has 0 aliphatic carbocycles. The molecule has 0 saturated heterocycles. The summed E-state index contributed by atoms with van der Waals surface area (Å²) in [7, 11) is 0. The van der Waals surface area contributed by atoms with Crippen molar-refractivity contribution in [3.8, 4) is 17.2 Å². The van der Waals surface area contributed by atoms with Gasteiger partial charge in [-0.1, -0.05) is 19.1 Å². The molecule has 0 aromatic heterocycles. The lowest BCUT2D eigenvalue weighted by Crippen LogP contribution is -2.33. The van der Waals surface area contributed by atoms with E-state index in [0.29, 0.717) is 12.4 Å². The molecule has 138 valence electrons. The molecule has 1 unspecified atom stereocenters. The summed E-state index contributed by atoms with van der Waals surface area (Å²) in [6.45, 7) is 9.13. The maximum atomic E-state index is 10.5. The molecule has 2 aliphatic heterocycles. The van der Waals surface area contributed by atoms with Gasteiger partial charge in [-0.25, -0.2) is 0 Å². The summed E-state index contributed by atoms with van der Waals surface area (Å²) in [5.41, 5.74) is 5.73. The van der Waals surface area contributed by atoms with Gasteiger partial charge in [0, 0.05) is 17.0 Å². The molecule has 4 rings (SSSR count). The topological polar surface area (TPSA) is 38.7 Å². The SMILES string of the molecule is CCc1ccc(C2COc3c(c(C)cc4c3CCC(C)(C)O4)C2)c(O)c1. The van der Waals surface area contributed by atoms with Gasteiger partial charge in [-0.3, -0.25) is 0 Å². The molecule has 0 fully saturated rings. The predicted octanol–water partition coefficient (Wildman–Crippen LogP) is 5.09. The minimum absolute atomic E-state index is 0.113. The zero-order valence-electron chi connectivity index (χ0n) is 16.2. The molecule has 0 radical (unpaired) electrons. The van der Waals surface area contributed by atoms with E-state index in [2.05, 4.69) is 45.9 Å². The highest BCUT2D eigenvalue weighted by molar-refractivity contribution is 5.57. The third-order valence-corrected chi connectivity index (χ3v) is 5.85. The van der Waals surface area contributed by atoms with Gasteiger partial charge in [0.05, 0.1) is 6.61 Å². The first-order valence-corrected chi connectivity index (χ1v) is 9.67. The van der Waals surface area contributed by atoms with Crippen molar-refractivity contribution >= 4 is 0 Å². The van der Waals surface area contributed by atoms with Crippen LogP contribution in [0.3, 0.4) is 0 Å². The standard InChI is InChI=1S/C23H28O3/c1-5-15-6-7-17(20(24)11-15)16-12-19-14(2)10-21-18(22(19)25-13-16)8-9-23(3,4)26-21/h6-7,10-11,16,24H,5,8-9,12-13H2,1-4H3. The Morgan fingerprint density at radius 3 is 2.73 bits per heavy atom. The second kappa shape index (κ2) is 6.22. The molecule has 2 aliphatic rings. The average molecular weight is 352 g/mol. The lowest BCUT2D eigenvalue weighted by atomic mass is 9.84. The fourth-order valence-electron chi connectivity index (χ4n) is 4.22. The quantitative estimate of drug-likeness (QED) is 0.818. The van der Waals surface area contributed by atoms with Gasteiger partial charge < -0.3 is 14.6 Å². The lowest BCUT2D eigenvalue weighted by molar-refractivity contribution is 0.0825. The van der Waals surface area contributed by atoms with Crippen LogP contribution in [0.5, 0.6) is 17.2 Å². The first-order valence-electron chi connectivity index (χ1n) is 9.67. The van der Waals surface area contributed by atoms with Gasteiger partial charge in [0.2, 0.25) is 0 Å². The van der Waals surface area contributed by atoms with Crippen molar-refractivity contribution in [2.45, 2.75) is 64.9 Å². The van der Waals surface area contributed by atoms with Crippen molar-refractivity contribution in [3.05, 3.63) is 52.1 Å². The Labute approximate surface area is 156 Å². The molecule has 2 aromatic rings. The molecular weight excluding hydrogens is 324 g/mol. The Bertz CT molecular complexity index is 851. The molecule has 3 nitrogen and oxygen atoms in total. The number of phenolic OH excluding ortho intramolecular Hbond substituents is 1. The fourth-order valence-corrected chi connectivity index (χ4v) is 4.22. The molecule has 2 aromatic carbocycles. The number of aryl methyl sites for hydroxylation is 2. The van der Waals surface area contributed by atoms with Crippen LogP contribution in [-0.2, 0) is 19.3 Å². The first kappa shape index (κ1) is 17.3. The highest BCUT2D eigenvalue weighted by atomic mass is 16.5. The smallest absolute Gasteiger partial charge is 0.129 e. The molecule has 3 heteroatoms. The van der Waals surface area contributed by atoms with Crippen molar-refractivity contribution in [3.63, 3.8) is 0 Å². The summed E-state index contributed by atoms with van der Waals surface area (Å²) in [6.07, 6.45) is 3.82. The summed E-state index contributed by atoms with van der Waals surface area (Å²) in [5, 5.41) is 10.5. The van der Waals surface area contributed by atoms with Crippen LogP contribution in [0.15, 0.2) is 24.3 Å². The number of benzene rings is 2. The maximum Gasteiger partial charge on any atom is 0.129 e. The number of rotatable bonds is 2. The largest absolute Gasteiger partial charge is 0.508 e. The molecule has 0 spiro atoms. The van der Waals surface area contributed by atoms with Gasteiger partial charge in [0.1, 0.15) is 22.8 Å². The Balaban J connectivity index is 1.68. The van der Waals surface area contributed by atoms with Crippen LogP contribution in [0.4, 0.5) is 0 Å². The van der Waals surface area contributed by atoms with Crippen LogP contribution in [0.2, 0.25) is 0 Å². The summed E-state index contributed by atoms with van der Waals surface area (Å²) < 4.78 is 12.5. The van der Waals surface area contributed by atoms with Gasteiger partial charge in [-0.2, -0.15) is 0 Å². The summed E-state index contributed by atoms with van der Waals surface area (Å²) >= 11 is 0. The van der Waals surface area contributed by atoms with Gasteiger partial charge in [-0.15, -0.1) is 0 Å². The molecule has 2 heterocycles. The zero-order valence-corrected chi connectivity index (χ0v) is 16.2. The van der Waals surface area contributed by atoms with E-state index in [1.165, 1.54) is 16.7 Å². The molecule has 1 N–H and O–H groups in total. The van der Waals surface area contributed by atoms with Crippen LogP contribution < -0.4 is 9.47 Å². The summed E-state index contributed by atoms with van der Waals surface area (Å²) in [5.74, 6) is 2.58. The molecule has 0 saturated carbocycles. The van der Waals surface area contributed by atoms with E-state index >= 15 is 0 Å². The minimum Gasteiger partial charge on any atom is -0.508 e. The monoisotopic (exact) mass is 352 g/mol. The number of phenols is 1. The highest BCUT2D eigenvalue weighted by Gasteiger charge is 2.33. The Morgan fingerprint density at radius 1 is 1.19 bits per heavy atom. The minimum atomic E-state index is -0.113. The average Bonchev–Trinajstić information content (AvgIpc) is 2.60. The zero-order chi connectivity index (χ0) is 18.5. The Morgan fingerprint density at radius 2 is 2.00 bits per heavy atom. The number of hydrogen-bond acceptors (Lipinski definition) is 3.